The minimum atomic E-state index is -1.04. The van der Waals surface area contributed by atoms with Crippen molar-refractivity contribution >= 4 is 21.9 Å². The highest BCUT2D eigenvalue weighted by Gasteiger charge is 2.18. The summed E-state index contributed by atoms with van der Waals surface area (Å²) in [5.41, 5.74) is 1.07. The van der Waals surface area contributed by atoms with Gasteiger partial charge in [-0.2, -0.15) is 0 Å². The summed E-state index contributed by atoms with van der Waals surface area (Å²) in [5, 5.41) is 9.02. The number of hydrogen-bond acceptors (Lipinski definition) is 3. The van der Waals surface area contributed by atoms with Crippen molar-refractivity contribution in [3.63, 3.8) is 0 Å². The van der Waals surface area contributed by atoms with E-state index in [0.29, 0.717) is 16.8 Å². The van der Waals surface area contributed by atoms with Crippen molar-refractivity contribution in [3.8, 4) is 5.75 Å². The minimum Gasteiger partial charge on any atom is -0.497 e. The highest BCUT2D eigenvalue weighted by Crippen LogP contribution is 2.20. The van der Waals surface area contributed by atoms with Crippen molar-refractivity contribution in [2.75, 3.05) is 7.11 Å². The zero-order valence-electron chi connectivity index (χ0n) is 10.6. The van der Waals surface area contributed by atoms with Crippen molar-refractivity contribution < 1.29 is 14.6 Å². The summed E-state index contributed by atoms with van der Waals surface area (Å²) < 4.78 is 7.30. The molecule has 2 rings (SSSR count). The fourth-order valence-electron chi connectivity index (χ4n) is 1.74. The summed E-state index contributed by atoms with van der Waals surface area (Å²) in [6.45, 7) is 0. The lowest BCUT2D eigenvalue weighted by Gasteiger charge is -2.04. The Kier molecular flexibility index (Phi) is 3.90. The molecular formula is C13H13BrN2O3. The van der Waals surface area contributed by atoms with Gasteiger partial charge in [0.25, 0.3) is 0 Å². The van der Waals surface area contributed by atoms with Gasteiger partial charge in [0.05, 0.1) is 7.11 Å². The van der Waals surface area contributed by atoms with Crippen LogP contribution in [0.25, 0.3) is 0 Å². The van der Waals surface area contributed by atoms with Crippen LogP contribution in [0, 0.1) is 0 Å². The van der Waals surface area contributed by atoms with Gasteiger partial charge < -0.3 is 14.4 Å². The van der Waals surface area contributed by atoms with Crippen molar-refractivity contribution in [1.82, 2.24) is 9.55 Å². The number of nitrogens with zero attached hydrogens (tertiary/aromatic N) is 2. The first-order valence-corrected chi connectivity index (χ1v) is 6.39. The number of aromatic nitrogens is 2. The van der Waals surface area contributed by atoms with Crippen molar-refractivity contribution in [2.45, 2.75) is 6.42 Å². The fourth-order valence-corrected chi connectivity index (χ4v) is 2.21. The number of rotatable bonds is 4. The molecule has 0 spiro atoms. The molecule has 0 aliphatic carbocycles. The highest BCUT2D eigenvalue weighted by molar-refractivity contribution is 9.10. The quantitative estimate of drug-likeness (QED) is 0.938. The van der Waals surface area contributed by atoms with E-state index in [1.165, 1.54) is 0 Å². The van der Waals surface area contributed by atoms with Crippen LogP contribution in [0.3, 0.4) is 0 Å². The largest absolute Gasteiger partial charge is 0.497 e. The lowest BCUT2D eigenvalue weighted by atomic mass is 10.1. The topological polar surface area (TPSA) is 64.3 Å². The summed E-state index contributed by atoms with van der Waals surface area (Å²) in [4.78, 5) is 15.1. The Balaban J connectivity index is 2.27. The maximum atomic E-state index is 11.0. The molecule has 2 aromatic rings. The van der Waals surface area contributed by atoms with Crippen molar-refractivity contribution in [2.24, 2.45) is 7.05 Å². The SMILES string of the molecule is COc1ccc(Cc2nc(C(=O)O)c(Br)n2C)cc1. The number of ether oxygens (including phenoxy) is 1. The molecular weight excluding hydrogens is 312 g/mol. The van der Waals surface area contributed by atoms with E-state index in [2.05, 4.69) is 20.9 Å². The molecule has 0 aliphatic heterocycles. The zero-order valence-corrected chi connectivity index (χ0v) is 12.1. The molecule has 0 bridgehead atoms. The predicted molar refractivity (Wildman–Crippen MR) is 73.7 cm³/mol. The third-order valence-corrected chi connectivity index (χ3v) is 3.75. The van der Waals surface area contributed by atoms with Gasteiger partial charge in [0.1, 0.15) is 16.2 Å². The third-order valence-electron chi connectivity index (χ3n) is 2.84. The standard InChI is InChI=1S/C13H13BrN2O3/c1-16-10(15-11(12(16)14)13(17)18)7-8-3-5-9(19-2)6-4-8/h3-6H,7H2,1-2H3,(H,17,18). The molecule has 1 aromatic heterocycles. The maximum absolute atomic E-state index is 11.0. The summed E-state index contributed by atoms with van der Waals surface area (Å²) in [6, 6.07) is 7.60. The van der Waals surface area contributed by atoms with Gasteiger partial charge in [-0.1, -0.05) is 12.1 Å². The van der Waals surface area contributed by atoms with Crippen LogP contribution in [0.1, 0.15) is 21.9 Å². The summed E-state index contributed by atoms with van der Waals surface area (Å²) in [5.74, 6) is 0.439. The van der Waals surface area contributed by atoms with Gasteiger partial charge in [-0.25, -0.2) is 9.78 Å². The van der Waals surface area contributed by atoms with Gasteiger partial charge in [0.15, 0.2) is 5.69 Å². The first-order valence-electron chi connectivity index (χ1n) is 5.60. The Bertz CT molecular complexity index is 605. The maximum Gasteiger partial charge on any atom is 0.357 e. The van der Waals surface area contributed by atoms with E-state index >= 15 is 0 Å². The molecule has 0 radical (unpaired) electrons. The molecule has 0 saturated heterocycles. The van der Waals surface area contributed by atoms with Crippen LogP contribution in [-0.2, 0) is 13.5 Å². The van der Waals surface area contributed by atoms with Crippen LogP contribution in [0.15, 0.2) is 28.9 Å². The number of benzene rings is 1. The van der Waals surface area contributed by atoms with E-state index in [1.807, 2.05) is 24.3 Å². The second-order valence-electron chi connectivity index (χ2n) is 4.06. The van der Waals surface area contributed by atoms with Gasteiger partial charge in [0.2, 0.25) is 0 Å². The van der Waals surface area contributed by atoms with Crippen LogP contribution in [-0.4, -0.2) is 27.7 Å². The van der Waals surface area contributed by atoms with E-state index in [0.717, 1.165) is 11.3 Å². The van der Waals surface area contributed by atoms with Gasteiger partial charge >= 0.3 is 5.97 Å². The summed E-state index contributed by atoms with van der Waals surface area (Å²) in [7, 11) is 3.40. The number of carboxylic acids is 1. The molecule has 0 amide bonds. The number of aromatic carboxylic acids is 1. The van der Waals surface area contributed by atoms with E-state index in [9.17, 15) is 4.79 Å². The van der Waals surface area contributed by atoms with E-state index in [1.54, 1.807) is 18.7 Å². The van der Waals surface area contributed by atoms with Crippen LogP contribution < -0.4 is 4.74 Å². The summed E-state index contributed by atoms with van der Waals surface area (Å²) in [6.07, 6.45) is 0.562. The lowest BCUT2D eigenvalue weighted by Crippen LogP contribution is -1.99. The normalized spacial score (nSPS) is 10.5. The van der Waals surface area contributed by atoms with E-state index in [-0.39, 0.29) is 5.69 Å². The molecule has 100 valence electrons. The molecule has 0 aliphatic rings. The average molecular weight is 325 g/mol. The Hall–Kier alpha value is -1.82. The highest BCUT2D eigenvalue weighted by atomic mass is 79.9. The Morgan fingerprint density at radius 2 is 2.05 bits per heavy atom. The number of imidazole rings is 1. The average Bonchev–Trinajstić information content (AvgIpc) is 2.68. The van der Waals surface area contributed by atoms with Gasteiger partial charge in [-0.15, -0.1) is 0 Å². The molecule has 19 heavy (non-hydrogen) atoms. The number of hydrogen-bond donors (Lipinski definition) is 1. The monoisotopic (exact) mass is 324 g/mol. The second-order valence-corrected chi connectivity index (χ2v) is 4.81. The zero-order chi connectivity index (χ0) is 14.0. The van der Waals surface area contributed by atoms with E-state index in [4.69, 9.17) is 9.84 Å². The molecule has 5 nitrogen and oxygen atoms in total. The number of carboxylic acid groups (broad SMARTS) is 1. The number of halogens is 1. The first kappa shape index (κ1) is 13.6. The van der Waals surface area contributed by atoms with Gasteiger partial charge in [-0.3, -0.25) is 0 Å². The van der Waals surface area contributed by atoms with Crippen molar-refractivity contribution in [1.29, 1.82) is 0 Å². The van der Waals surface area contributed by atoms with Crippen molar-refractivity contribution in [3.05, 3.63) is 46.0 Å². The molecule has 0 unspecified atom stereocenters. The second kappa shape index (κ2) is 5.44. The third kappa shape index (κ3) is 2.78. The molecule has 0 atom stereocenters. The molecule has 1 heterocycles. The fraction of sp³-hybridized carbons (Fsp3) is 0.231. The Labute approximate surface area is 119 Å². The smallest absolute Gasteiger partial charge is 0.357 e. The molecule has 6 heteroatoms. The van der Waals surface area contributed by atoms with Crippen LogP contribution in [0.2, 0.25) is 0 Å². The number of methoxy groups -OCH3 is 1. The van der Waals surface area contributed by atoms with Gasteiger partial charge in [-0.05, 0) is 33.6 Å². The minimum absolute atomic E-state index is 0.0333. The van der Waals surface area contributed by atoms with Gasteiger partial charge in [0, 0.05) is 13.5 Å². The van der Waals surface area contributed by atoms with Crippen LogP contribution in [0.4, 0.5) is 0 Å². The molecule has 1 N–H and O–H groups in total. The van der Waals surface area contributed by atoms with Crippen LogP contribution in [0.5, 0.6) is 5.75 Å². The molecule has 0 saturated carbocycles. The Morgan fingerprint density at radius 3 is 2.53 bits per heavy atom. The number of carbonyl (C=O) groups is 1. The summed E-state index contributed by atoms with van der Waals surface area (Å²) >= 11 is 3.24. The Morgan fingerprint density at radius 1 is 1.42 bits per heavy atom. The predicted octanol–water partition coefficient (Wildman–Crippen LogP) is 2.48. The lowest BCUT2D eigenvalue weighted by molar-refractivity contribution is 0.0689. The van der Waals surface area contributed by atoms with E-state index < -0.39 is 5.97 Å². The molecule has 0 fully saturated rings. The van der Waals surface area contributed by atoms with Crippen LogP contribution >= 0.6 is 15.9 Å². The first-order chi connectivity index (χ1) is 9.02. The molecule has 1 aromatic carbocycles.